The van der Waals surface area contributed by atoms with E-state index in [1.54, 1.807) is 6.07 Å². The molecular formula is C16H18N4O5S. The summed E-state index contributed by atoms with van der Waals surface area (Å²) in [4.78, 5) is 14.0. The van der Waals surface area contributed by atoms with Gasteiger partial charge in [-0.25, -0.2) is 13.1 Å². The third kappa shape index (κ3) is 4.15. The summed E-state index contributed by atoms with van der Waals surface area (Å²) in [6.07, 6.45) is 3.93. The predicted molar refractivity (Wildman–Crippen MR) is 93.3 cm³/mol. The van der Waals surface area contributed by atoms with E-state index in [-0.39, 0.29) is 17.5 Å². The molecule has 1 saturated heterocycles. The minimum absolute atomic E-state index is 0.00441. The molecule has 9 nitrogen and oxygen atoms in total. The van der Waals surface area contributed by atoms with Gasteiger partial charge in [0.1, 0.15) is 11.9 Å². The number of rotatable bonds is 7. The van der Waals surface area contributed by atoms with E-state index in [9.17, 15) is 18.5 Å². The van der Waals surface area contributed by atoms with Crippen LogP contribution in [-0.4, -0.2) is 37.5 Å². The zero-order valence-electron chi connectivity index (χ0n) is 13.8. The standard InChI is InChI=1S/C16H18N4O5S/c21-20(22)14-3-1-2-4-16(14)26(23,24)19-9-12-5-7-18-11-15(12)25-13-6-8-17-10-13/h1-5,7,11,13,17,19H,6,8-10H2/t13-/m0/s1. The molecule has 0 aliphatic carbocycles. The average Bonchev–Trinajstić information content (AvgIpc) is 3.14. The molecule has 0 amide bonds. The lowest BCUT2D eigenvalue weighted by atomic mass is 10.2. The molecule has 138 valence electrons. The Kier molecular flexibility index (Phi) is 5.45. The lowest BCUT2D eigenvalue weighted by Gasteiger charge is -2.16. The highest BCUT2D eigenvalue weighted by Crippen LogP contribution is 2.24. The molecule has 1 aliphatic heterocycles. The van der Waals surface area contributed by atoms with Gasteiger partial charge < -0.3 is 10.1 Å². The second kappa shape index (κ2) is 7.77. The van der Waals surface area contributed by atoms with E-state index in [0.717, 1.165) is 25.6 Å². The number of hydrogen-bond acceptors (Lipinski definition) is 7. The van der Waals surface area contributed by atoms with Crippen molar-refractivity contribution in [3.8, 4) is 5.75 Å². The van der Waals surface area contributed by atoms with Crippen molar-refractivity contribution in [3.05, 3.63) is 58.4 Å². The van der Waals surface area contributed by atoms with Crippen LogP contribution in [-0.2, 0) is 16.6 Å². The van der Waals surface area contributed by atoms with Crippen LogP contribution in [0.1, 0.15) is 12.0 Å². The zero-order chi connectivity index (χ0) is 18.6. The molecule has 2 heterocycles. The van der Waals surface area contributed by atoms with Crippen LogP contribution in [0.5, 0.6) is 5.75 Å². The molecule has 0 spiro atoms. The number of nitro groups is 1. The second-order valence-corrected chi connectivity index (χ2v) is 7.50. The maximum atomic E-state index is 12.5. The summed E-state index contributed by atoms with van der Waals surface area (Å²) in [7, 11) is -4.06. The van der Waals surface area contributed by atoms with Gasteiger partial charge in [-0.3, -0.25) is 15.1 Å². The van der Waals surface area contributed by atoms with E-state index in [4.69, 9.17) is 4.74 Å². The topological polar surface area (TPSA) is 123 Å². The summed E-state index contributed by atoms with van der Waals surface area (Å²) in [6.45, 7) is 1.52. The van der Waals surface area contributed by atoms with Gasteiger partial charge in [0.15, 0.2) is 4.90 Å². The van der Waals surface area contributed by atoms with Gasteiger partial charge in [0, 0.05) is 30.9 Å². The molecule has 26 heavy (non-hydrogen) atoms. The minimum Gasteiger partial charge on any atom is -0.487 e. The lowest BCUT2D eigenvalue weighted by Crippen LogP contribution is -2.25. The number of aromatic nitrogens is 1. The predicted octanol–water partition coefficient (Wildman–Crippen LogP) is 1.21. The minimum atomic E-state index is -4.06. The Bertz CT molecular complexity index is 897. The summed E-state index contributed by atoms with van der Waals surface area (Å²) >= 11 is 0. The van der Waals surface area contributed by atoms with Crippen molar-refractivity contribution in [1.29, 1.82) is 0 Å². The third-order valence-corrected chi connectivity index (χ3v) is 5.43. The van der Waals surface area contributed by atoms with Gasteiger partial charge >= 0.3 is 0 Å². The highest BCUT2D eigenvalue weighted by atomic mass is 32.2. The Morgan fingerprint density at radius 1 is 1.35 bits per heavy atom. The van der Waals surface area contributed by atoms with Crippen LogP contribution in [0, 0.1) is 10.1 Å². The Hall–Kier alpha value is -2.56. The molecule has 0 unspecified atom stereocenters. The average molecular weight is 378 g/mol. The summed E-state index contributed by atoms with van der Waals surface area (Å²) in [5, 5.41) is 14.3. The molecule has 1 fully saturated rings. The van der Waals surface area contributed by atoms with Crippen LogP contribution in [0.3, 0.4) is 0 Å². The molecule has 1 aliphatic rings. The van der Waals surface area contributed by atoms with Gasteiger partial charge in [-0.1, -0.05) is 12.1 Å². The molecule has 3 rings (SSSR count). The van der Waals surface area contributed by atoms with Crippen molar-refractivity contribution in [2.45, 2.75) is 24.0 Å². The largest absolute Gasteiger partial charge is 0.487 e. The Balaban J connectivity index is 1.77. The maximum absolute atomic E-state index is 12.5. The molecule has 10 heteroatoms. The molecule has 1 aromatic carbocycles. The van der Waals surface area contributed by atoms with Crippen molar-refractivity contribution in [2.75, 3.05) is 13.1 Å². The van der Waals surface area contributed by atoms with Crippen molar-refractivity contribution in [3.63, 3.8) is 0 Å². The number of pyridine rings is 1. The maximum Gasteiger partial charge on any atom is 0.289 e. The number of benzene rings is 1. The fourth-order valence-corrected chi connectivity index (χ4v) is 3.83. The highest BCUT2D eigenvalue weighted by molar-refractivity contribution is 7.89. The van der Waals surface area contributed by atoms with Crippen molar-refractivity contribution < 1.29 is 18.1 Å². The lowest BCUT2D eigenvalue weighted by molar-refractivity contribution is -0.387. The summed E-state index contributed by atoms with van der Waals surface area (Å²) in [6, 6.07) is 6.87. The van der Waals surface area contributed by atoms with E-state index >= 15 is 0 Å². The number of nitrogens with zero attached hydrogens (tertiary/aromatic N) is 2. The van der Waals surface area contributed by atoms with E-state index in [1.165, 1.54) is 30.6 Å². The molecule has 0 radical (unpaired) electrons. The molecule has 0 saturated carbocycles. The smallest absolute Gasteiger partial charge is 0.289 e. The molecule has 2 N–H and O–H groups in total. The van der Waals surface area contributed by atoms with Crippen molar-refractivity contribution in [1.82, 2.24) is 15.0 Å². The van der Waals surface area contributed by atoms with Gasteiger partial charge in [0.25, 0.3) is 5.69 Å². The van der Waals surface area contributed by atoms with Gasteiger partial charge in [-0.15, -0.1) is 0 Å². The first kappa shape index (κ1) is 18.2. The van der Waals surface area contributed by atoms with Gasteiger partial charge in [-0.05, 0) is 25.1 Å². The third-order valence-electron chi connectivity index (χ3n) is 3.98. The number of hydrogen-bond donors (Lipinski definition) is 2. The van der Waals surface area contributed by atoms with Gasteiger partial charge in [0.05, 0.1) is 11.1 Å². The SMILES string of the molecule is O=[N+]([O-])c1ccccc1S(=O)(=O)NCc1ccncc1O[C@H]1CCNC1. The first-order chi connectivity index (χ1) is 12.5. The fraction of sp³-hybridized carbons (Fsp3) is 0.312. The van der Waals surface area contributed by atoms with E-state index in [0.29, 0.717) is 11.3 Å². The number of sulfonamides is 1. The first-order valence-electron chi connectivity index (χ1n) is 8.01. The number of ether oxygens (including phenoxy) is 1. The summed E-state index contributed by atoms with van der Waals surface area (Å²) < 4.78 is 33.3. The summed E-state index contributed by atoms with van der Waals surface area (Å²) in [5.41, 5.74) is 0.136. The molecule has 1 aromatic heterocycles. The second-order valence-electron chi connectivity index (χ2n) is 5.77. The highest BCUT2D eigenvalue weighted by Gasteiger charge is 2.25. The Morgan fingerprint density at radius 3 is 2.88 bits per heavy atom. The van der Waals surface area contributed by atoms with Crippen LogP contribution < -0.4 is 14.8 Å². The fourth-order valence-electron chi connectivity index (χ4n) is 2.65. The van der Waals surface area contributed by atoms with Crippen molar-refractivity contribution in [2.24, 2.45) is 0 Å². The Morgan fingerprint density at radius 2 is 2.15 bits per heavy atom. The van der Waals surface area contributed by atoms with Crippen LogP contribution in [0.25, 0.3) is 0 Å². The van der Waals surface area contributed by atoms with Crippen LogP contribution >= 0.6 is 0 Å². The van der Waals surface area contributed by atoms with Crippen molar-refractivity contribution >= 4 is 15.7 Å². The normalized spacial score (nSPS) is 17.2. The van der Waals surface area contributed by atoms with E-state index < -0.39 is 20.6 Å². The molecule has 2 aromatic rings. The van der Waals surface area contributed by atoms with E-state index in [1.807, 2.05) is 0 Å². The number of para-hydroxylation sites is 1. The first-order valence-corrected chi connectivity index (χ1v) is 9.49. The van der Waals surface area contributed by atoms with Crippen LogP contribution in [0.15, 0.2) is 47.6 Å². The monoisotopic (exact) mass is 378 g/mol. The molecular weight excluding hydrogens is 360 g/mol. The van der Waals surface area contributed by atoms with Crippen LogP contribution in [0.2, 0.25) is 0 Å². The molecule has 0 bridgehead atoms. The van der Waals surface area contributed by atoms with Gasteiger partial charge in [-0.2, -0.15) is 0 Å². The number of nitro benzene ring substituents is 1. The zero-order valence-corrected chi connectivity index (χ0v) is 14.6. The van der Waals surface area contributed by atoms with E-state index in [2.05, 4.69) is 15.0 Å². The van der Waals surface area contributed by atoms with Crippen LogP contribution in [0.4, 0.5) is 5.69 Å². The quantitative estimate of drug-likeness (QED) is 0.548. The summed E-state index contributed by atoms with van der Waals surface area (Å²) in [5.74, 6) is 0.492. The molecule has 1 atom stereocenters. The number of nitrogens with one attached hydrogen (secondary N) is 2. The Labute approximate surface area is 150 Å². The van der Waals surface area contributed by atoms with Gasteiger partial charge in [0.2, 0.25) is 10.0 Å².